The molecule has 1 N–H and O–H groups in total. The van der Waals surface area contributed by atoms with Crippen molar-refractivity contribution in [3.05, 3.63) is 0 Å². The molecular weight excluding hydrogens is 244 g/mol. The van der Waals surface area contributed by atoms with Crippen molar-refractivity contribution in [2.75, 3.05) is 45.9 Å². The van der Waals surface area contributed by atoms with Crippen LogP contribution in [0.1, 0.15) is 26.2 Å². The van der Waals surface area contributed by atoms with E-state index in [1.165, 1.54) is 37.9 Å². The Kier molecular flexibility index (Phi) is 6.11. The first-order valence-corrected chi connectivity index (χ1v) is 9.79. The lowest BCUT2D eigenvalue weighted by Gasteiger charge is -2.39. The zero-order chi connectivity index (χ0) is 12.7. The molecule has 0 saturated carbocycles. The zero-order valence-corrected chi connectivity index (χ0v) is 12.7. The number of hydrogen-bond donors (Lipinski definition) is 1. The molecule has 106 valence electrons. The first-order chi connectivity index (χ1) is 8.85. The van der Waals surface area contributed by atoms with Crippen LogP contribution in [0.5, 0.6) is 0 Å². The van der Waals surface area contributed by atoms with Gasteiger partial charge in [-0.05, 0) is 51.0 Å². The van der Waals surface area contributed by atoms with Crippen LogP contribution in [0.2, 0.25) is 12.1 Å². The topological polar surface area (TPSA) is 33.7 Å². The fourth-order valence-electron chi connectivity index (χ4n) is 2.87. The van der Waals surface area contributed by atoms with Gasteiger partial charge in [-0.2, -0.15) is 0 Å². The van der Waals surface area contributed by atoms with Gasteiger partial charge in [0.05, 0.1) is 0 Å². The van der Waals surface area contributed by atoms with Gasteiger partial charge in [-0.1, -0.05) is 6.92 Å². The Balaban J connectivity index is 1.78. The molecule has 4 nitrogen and oxygen atoms in total. The van der Waals surface area contributed by atoms with Crippen molar-refractivity contribution < 1.29 is 8.85 Å². The molecule has 3 saturated heterocycles. The summed E-state index contributed by atoms with van der Waals surface area (Å²) in [7, 11) is -1.85. The highest BCUT2D eigenvalue weighted by Crippen LogP contribution is 2.26. The van der Waals surface area contributed by atoms with Gasteiger partial charge >= 0.3 is 8.56 Å². The molecule has 3 aliphatic heterocycles. The first kappa shape index (κ1) is 14.5. The van der Waals surface area contributed by atoms with Gasteiger partial charge in [0.25, 0.3) is 0 Å². The molecule has 0 atom stereocenters. The average Bonchev–Trinajstić information content (AvgIpc) is 2.29. The third-order valence-corrected chi connectivity index (χ3v) is 7.61. The molecule has 3 heterocycles. The van der Waals surface area contributed by atoms with Crippen LogP contribution in [0.4, 0.5) is 0 Å². The summed E-state index contributed by atoms with van der Waals surface area (Å²) in [5.41, 5.74) is 0. The Morgan fingerprint density at radius 3 is 2.61 bits per heavy atom. The molecule has 3 rings (SSSR count). The Hall–Kier alpha value is 0.0569. The predicted molar refractivity (Wildman–Crippen MR) is 76.1 cm³/mol. The molecule has 0 amide bonds. The minimum absolute atomic E-state index is 0.884. The van der Waals surface area contributed by atoms with E-state index in [2.05, 4.69) is 17.1 Å². The van der Waals surface area contributed by atoms with Crippen LogP contribution >= 0.6 is 0 Å². The lowest BCUT2D eigenvalue weighted by atomic mass is 10.4. The zero-order valence-electron chi connectivity index (χ0n) is 11.7. The van der Waals surface area contributed by atoms with Crippen LogP contribution in [-0.2, 0) is 8.85 Å². The van der Waals surface area contributed by atoms with Gasteiger partial charge < -0.3 is 14.2 Å². The molecule has 0 radical (unpaired) electrons. The predicted octanol–water partition coefficient (Wildman–Crippen LogP) is 1.57. The Morgan fingerprint density at radius 1 is 1.11 bits per heavy atom. The van der Waals surface area contributed by atoms with Gasteiger partial charge in [-0.3, -0.25) is 4.90 Å². The lowest BCUT2D eigenvalue weighted by molar-refractivity contribution is 0.0787. The van der Waals surface area contributed by atoms with Crippen molar-refractivity contribution in [1.82, 2.24) is 10.2 Å². The van der Waals surface area contributed by atoms with E-state index in [9.17, 15) is 0 Å². The van der Waals surface area contributed by atoms with E-state index >= 15 is 0 Å². The van der Waals surface area contributed by atoms with Crippen LogP contribution in [0, 0.1) is 0 Å². The quantitative estimate of drug-likeness (QED) is 0.588. The van der Waals surface area contributed by atoms with Gasteiger partial charge in [0.15, 0.2) is 0 Å². The second kappa shape index (κ2) is 7.60. The van der Waals surface area contributed by atoms with Crippen molar-refractivity contribution in [3.8, 4) is 0 Å². The highest BCUT2D eigenvalue weighted by molar-refractivity contribution is 6.67. The van der Waals surface area contributed by atoms with E-state index in [0.717, 1.165) is 39.4 Å². The molecule has 0 aromatic carbocycles. The summed E-state index contributed by atoms with van der Waals surface area (Å²) in [6, 6.07) is 2.36. The number of rotatable bonds is 6. The van der Waals surface area contributed by atoms with E-state index in [4.69, 9.17) is 8.85 Å². The molecular formula is C13H28N2O2Si. The summed E-state index contributed by atoms with van der Waals surface area (Å²) in [6.45, 7) is 9.67. The number of nitrogens with one attached hydrogen (secondary N) is 1. The Morgan fingerprint density at radius 2 is 1.89 bits per heavy atom. The molecule has 3 fully saturated rings. The van der Waals surface area contributed by atoms with Crippen LogP contribution in [-0.4, -0.2) is 59.4 Å². The minimum Gasteiger partial charge on any atom is -0.393 e. The standard InChI is InChI=1S/C13H28N2O2Si/c1-2-5-14-6-3-12-18-13-4-7-15(8-10-16-18)9-11-17-18/h14H,2-13H2,1H3. The number of nitrogens with zero attached hydrogens (tertiary/aromatic N) is 1. The smallest absolute Gasteiger partial charge is 0.338 e. The van der Waals surface area contributed by atoms with Crippen LogP contribution in [0.3, 0.4) is 0 Å². The van der Waals surface area contributed by atoms with Crippen molar-refractivity contribution >= 4 is 8.56 Å². The third-order valence-electron chi connectivity index (χ3n) is 3.92. The molecule has 18 heavy (non-hydrogen) atoms. The van der Waals surface area contributed by atoms with Gasteiger partial charge in [0.2, 0.25) is 0 Å². The van der Waals surface area contributed by atoms with E-state index in [-0.39, 0.29) is 0 Å². The van der Waals surface area contributed by atoms with Crippen molar-refractivity contribution in [2.45, 2.75) is 38.3 Å². The Labute approximate surface area is 112 Å². The second-order valence-corrected chi connectivity index (χ2v) is 8.81. The van der Waals surface area contributed by atoms with Gasteiger partial charge in [0, 0.05) is 26.3 Å². The van der Waals surface area contributed by atoms with Crippen LogP contribution in [0.15, 0.2) is 0 Å². The first-order valence-electron chi connectivity index (χ1n) is 7.56. The van der Waals surface area contributed by atoms with Gasteiger partial charge in [-0.25, -0.2) is 0 Å². The summed E-state index contributed by atoms with van der Waals surface area (Å²) in [4.78, 5) is 2.47. The maximum atomic E-state index is 6.20. The molecule has 0 aromatic heterocycles. The van der Waals surface area contributed by atoms with E-state index in [1.54, 1.807) is 0 Å². The normalized spacial score (nSPS) is 32.8. The average molecular weight is 272 g/mol. The molecule has 3 aliphatic rings. The fourth-order valence-corrected chi connectivity index (χ4v) is 6.12. The molecule has 0 aromatic rings. The van der Waals surface area contributed by atoms with Gasteiger partial charge in [-0.15, -0.1) is 0 Å². The molecule has 0 spiro atoms. The van der Waals surface area contributed by atoms with Crippen molar-refractivity contribution in [3.63, 3.8) is 0 Å². The molecule has 2 bridgehead atoms. The fraction of sp³-hybridized carbons (Fsp3) is 1.00. The maximum absolute atomic E-state index is 6.20. The van der Waals surface area contributed by atoms with Crippen LogP contribution < -0.4 is 5.32 Å². The summed E-state index contributed by atoms with van der Waals surface area (Å²) in [5.74, 6) is 0. The van der Waals surface area contributed by atoms with E-state index in [0.29, 0.717) is 0 Å². The van der Waals surface area contributed by atoms with Crippen molar-refractivity contribution in [2.24, 2.45) is 0 Å². The Bertz CT molecular complexity index is 215. The molecule has 5 heteroatoms. The van der Waals surface area contributed by atoms with Gasteiger partial charge in [0.1, 0.15) is 0 Å². The summed E-state index contributed by atoms with van der Waals surface area (Å²) >= 11 is 0. The lowest BCUT2D eigenvalue weighted by Crippen LogP contribution is -2.51. The van der Waals surface area contributed by atoms with Crippen LogP contribution in [0.25, 0.3) is 0 Å². The SMILES string of the molecule is CCCNCCC[Si]12CCCN(CCO1)CCO2. The molecule has 0 unspecified atom stereocenters. The third kappa shape index (κ3) is 4.31. The highest BCUT2D eigenvalue weighted by Gasteiger charge is 2.39. The number of hydrogen-bond acceptors (Lipinski definition) is 4. The van der Waals surface area contributed by atoms with E-state index in [1.807, 2.05) is 0 Å². The highest BCUT2D eigenvalue weighted by atomic mass is 28.4. The minimum atomic E-state index is -1.85. The largest absolute Gasteiger partial charge is 0.393 e. The van der Waals surface area contributed by atoms with E-state index < -0.39 is 8.56 Å². The summed E-state index contributed by atoms with van der Waals surface area (Å²) in [5, 5.41) is 3.47. The molecule has 0 aliphatic carbocycles. The second-order valence-electron chi connectivity index (χ2n) is 5.41. The summed E-state index contributed by atoms with van der Waals surface area (Å²) in [6.07, 6.45) is 3.68. The maximum Gasteiger partial charge on any atom is 0.338 e. The monoisotopic (exact) mass is 272 g/mol. The van der Waals surface area contributed by atoms with Crippen molar-refractivity contribution in [1.29, 1.82) is 0 Å². The number of fused-ring (bicyclic) bond motifs is 6. The summed E-state index contributed by atoms with van der Waals surface area (Å²) < 4.78 is 12.4.